The minimum Gasteiger partial charge on any atom is -0.396 e. The van der Waals surface area contributed by atoms with Gasteiger partial charge >= 0.3 is 0 Å². The third-order valence-electron chi connectivity index (χ3n) is 3.26. The van der Waals surface area contributed by atoms with E-state index < -0.39 is 0 Å². The van der Waals surface area contributed by atoms with Crippen LogP contribution in [0.3, 0.4) is 0 Å². The molecule has 0 bridgehead atoms. The summed E-state index contributed by atoms with van der Waals surface area (Å²) >= 11 is 0. The molecule has 16 heavy (non-hydrogen) atoms. The van der Waals surface area contributed by atoms with Crippen molar-refractivity contribution >= 4 is 0 Å². The van der Waals surface area contributed by atoms with E-state index in [0.717, 1.165) is 12.8 Å². The lowest BCUT2D eigenvalue weighted by molar-refractivity contribution is 0.299. The van der Waals surface area contributed by atoms with Crippen LogP contribution in [0.5, 0.6) is 0 Å². The van der Waals surface area contributed by atoms with E-state index in [9.17, 15) is 0 Å². The Morgan fingerprint density at radius 3 is 2.62 bits per heavy atom. The molecule has 0 unspecified atom stereocenters. The number of aliphatic hydroxyl groups excluding tert-OH is 1. The summed E-state index contributed by atoms with van der Waals surface area (Å²) in [6.07, 6.45) is 1.79. The number of benzene rings is 2. The number of rotatable bonds is 2. The van der Waals surface area contributed by atoms with Crippen molar-refractivity contribution in [3.8, 4) is 11.1 Å². The zero-order chi connectivity index (χ0) is 11.0. The molecule has 0 aromatic heterocycles. The van der Waals surface area contributed by atoms with Gasteiger partial charge in [-0.2, -0.15) is 0 Å². The number of aliphatic hydroxyl groups is 1. The van der Waals surface area contributed by atoms with Gasteiger partial charge in [0.25, 0.3) is 0 Å². The van der Waals surface area contributed by atoms with Gasteiger partial charge in [0.2, 0.25) is 0 Å². The first-order valence-electron chi connectivity index (χ1n) is 5.69. The smallest absolute Gasteiger partial charge is 0.0471 e. The summed E-state index contributed by atoms with van der Waals surface area (Å²) < 4.78 is 0. The molecule has 0 radical (unpaired) electrons. The van der Waals surface area contributed by atoms with Crippen LogP contribution in [0.25, 0.3) is 11.1 Å². The van der Waals surface area contributed by atoms with Gasteiger partial charge < -0.3 is 5.11 Å². The summed E-state index contributed by atoms with van der Waals surface area (Å²) in [5, 5.41) is 8.94. The Balaban J connectivity index is 2.07. The molecule has 0 fully saturated rings. The lowest BCUT2D eigenvalue weighted by Gasteiger charge is -2.03. The molecule has 1 aliphatic carbocycles. The fraction of sp³-hybridized carbons (Fsp3) is 0.200. The standard InChI is InChI=1S/C15H14O/c16-8-7-11-5-6-15-13(9-11)10-12-3-1-2-4-14(12)15/h1-6,9,16H,7-8,10H2. The predicted molar refractivity (Wildman–Crippen MR) is 65.5 cm³/mol. The van der Waals surface area contributed by atoms with Crippen molar-refractivity contribution in [3.63, 3.8) is 0 Å². The maximum atomic E-state index is 8.94. The summed E-state index contributed by atoms with van der Waals surface area (Å²) in [5.74, 6) is 0. The zero-order valence-electron chi connectivity index (χ0n) is 9.11. The number of hydrogen-bond acceptors (Lipinski definition) is 1. The normalized spacial score (nSPS) is 12.3. The van der Waals surface area contributed by atoms with Crippen LogP contribution in [0, 0.1) is 0 Å². The highest BCUT2D eigenvalue weighted by atomic mass is 16.2. The quantitative estimate of drug-likeness (QED) is 0.689. The molecule has 1 heteroatoms. The molecule has 0 saturated carbocycles. The molecule has 0 spiro atoms. The monoisotopic (exact) mass is 210 g/mol. The van der Waals surface area contributed by atoms with Crippen molar-refractivity contribution in [2.24, 2.45) is 0 Å². The molecule has 0 aliphatic heterocycles. The molecule has 2 aromatic carbocycles. The first-order chi connectivity index (χ1) is 7.88. The van der Waals surface area contributed by atoms with E-state index in [0.29, 0.717) is 0 Å². The van der Waals surface area contributed by atoms with Crippen LogP contribution in [0.2, 0.25) is 0 Å². The Morgan fingerprint density at radius 2 is 1.75 bits per heavy atom. The number of hydrogen-bond donors (Lipinski definition) is 1. The maximum absolute atomic E-state index is 8.94. The highest BCUT2D eigenvalue weighted by Gasteiger charge is 2.17. The molecular weight excluding hydrogens is 196 g/mol. The minimum atomic E-state index is 0.228. The first-order valence-corrected chi connectivity index (χ1v) is 5.69. The molecule has 3 rings (SSSR count). The van der Waals surface area contributed by atoms with Crippen molar-refractivity contribution < 1.29 is 5.11 Å². The highest BCUT2D eigenvalue weighted by molar-refractivity contribution is 5.76. The van der Waals surface area contributed by atoms with E-state index in [1.54, 1.807) is 0 Å². The van der Waals surface area contributed by atoms with E-state index in [-0.39, 0.29) is 6.61 Å². The maximum Gasteiger partial charge on any atom is 0.0471 e. The van der Waals surface area contributed by atoms with Gasteiger partial charge in [0.05, 0.1) is 0 Å². The van der Waals surface area contributed by atoms with E-state index >= 15 is 0 Å². The van der Waals surface area contributed by atoms with Crippen LogP contribution in [0.1, 0.15) is 16.7 Å². The van der Waals surface area contributed by atoms with Crippen molar-refractivity contribution in [1.82, 2.24) is 0 Å². The van der Waals surface area contributed by atoms with E-state index in [1.165, 1.54) is 27.8 Å². The average Bonchev–Trinajstić information content (AvgIpc) is 2.67. The highest BCUT2D eigenvalue weighted by Crippen LogP contribution is 2.36. The molecule has 1 nitrogen and oxygen atoms in total. The fourth-order valence-electron chi connectivity index (χ4n) is 2.48. The second-order valence-corrected chi connectivity index (χ2v) is 4.30. The third-order valence-corrected chi connectivity index (χ3v) is 3.26. The van der Waals surface area contributed by atoms with Gasteiger partial charge in [0.1, 0.15) is 0 Å². The van der Waals surface area contributed by atoms with Gasteiger partial charge in [-0.3, -0.25) is 0 Å². The molecule has 0 atom stereocenters. The lowest BCUT2D eigenvalue weighted by Crippen LogP contribution is -1.91. The van der Waals surface area contributed by atoms with Gasteiger partial charge in [-0.05, 0) is 40.7 Å². The first kappa shape index (κ1) is 9.61. The fourth-order valence-corrected chi connectivity index (χ4v) is 2.48. The van der Waals surface area contributed by atoms with Crippen LogP contribution in [-0.2, 0) is 12.8 Å². The molecule has 0 heterocycles. The second kappa shape index (κ2) is 3.76. The van der Waals surface area contributed by atoms with Gasteiger partial charge in [0.15, 0.2) is 0 Å². The Bertz CT molecular complexity index is 529. The Labute approximate surface area is 95.4 Å². The zero-order valence-corrected chi connectivity index (χ0v) is 9.11. The Morgan fingerprint density at radius 1 is 0.938 bits per heavy atom. The van der Waals surface area contributed by atoms with Gasteiger partial charge in [-0.25, -0.2) is 0 Å². The van der Waals surface area contributed by atoms with Gasteiger partial charge in [-0.1, -0.05) is 42.5 Å². The summed E-state index contributed by atoms with van der Waals surface area (Å²) in [6.45, 7) is 0.228. The molecule has 0 saturated heterocycles. The number of fused-ring (bicyclic) bond motifs is 3. The molecule has 2 aromatic rings. The van der Waals surface area contributed by atoms with Crippen molar-refractivity contribution in [2.45, 2.75) is 12.8 Å². The molecule has 80 valence electrons. The van der Waals surface area contributed by atoms with Crippen LogP contribution >= 0.6 is 0 Å². The Kier molecular flexibility index (Phi) is 2.26. The third kappa shape index (κ3) is 1.44. The topological polar surface area (TPSA) is 20.2 Å². The van der Waals surface area contributed by atoms with Crippen LogP contribution in [0.15, 0.2) is 42.5 Å². The van der Waals surface area contributed by atoms with Crippen molar-refractivity contribution in [2.75, 3.05) is 6.61 Å². The summed E-state index contributed by atoms with van der Waals surface area (Å²) in [4.78, 5) is 0. The van der Waals surface area contributed by atoms with Crippen LogP contribution in [-0.4, -0.2) is 11.7 Å². The largest absolute Gasteiger partial charge is 0.396 e. The molecule has 0 amide bonds. The Hall–Kier alpha value is -1.60. The van der Waals surface area contributed by atoms with Gasteiger partial charge in [0, 0.05) is 6.61 Å². The summed E-state index contributed by atoms with van der Waals surface area (Å²) in [6, 6.07) is 15.1. The summed E-state index contributed by atoms with van der Waals surface area (Å²) in [5.41, 5.74) is 6.77. The minimum absolute atomic E-state index is 0.228. The molecule has 1 aliphatic rings. The SMILES string of the molecule is OCCc1ccc2c(c1)Cc1ccccc1-2. The van der Waals surface area contributed by atoms with Crippen molar-refractivity contribution in [3.05, 3.63) is 59.2 Å². The van der Waals surface area contributed by atoms with Crippen LogP contribution in [0.4, 0.5) is 0 Å². The van der Waals surface area contributed by atoms with Crippen LogP contribution < -0.4 is 0 Å². The molecule has 1 N–H and O–H groups in total. The predicted octanol–water partition coefficient (Wildman–Crippen LogP) is 2.79. The second-order valence-electron chi connectivity index (χ2n) is 4.30. The average molecular weight is 210 g/mol. The van der Waals surface area contributed by atoms with Gasteiger partial charge in [-0.15, -0.1) is 0 Å². The van der Waals surface area contributed by atoms with Crippen molar-refractivity contribution in [1.29, 1.82) is 0 Å². The summed E-state index contributed by atoms with van der Waals surface area (Å²) in [7, 11) is 0. The van der Waals surface area contributed by atoms with E-state index in [4.69, 9.17) is 5.11 Å². The van der Waals surface area contributed by atoms with E-state index in [2.05, 4.69) is 42.5 Å². The van der Waals surface area contributed by atoms with E-state index in [1.807, 2.05) is 0 Å². The molecular formula is C15H14O. The lowest BCUT2D eigenvalue weighted by atomic mass is 10.0.